The zero-order valence-corrected chi connectivity index (χ0v) is 18.1. The summed E-state index contributed by atoms with van der Waals surface area (Å²) in [7, 11) is 4.53. The highest BCUT2D eigenvalue weighted by Crippen LogP contribution is 2.34. The standard InChI is InChI=1S/C22H26ClN3O4/c1-28-18-12-15(13-19(29-2)20(18)23)14-24-25-22(27)21(30-3)16-6-8-17(9-7-16)26-10-4-5-11-26/h6-9,12-14,21H,4-5,10-11H2,1-3H3,(H,25,27). The van der Waals surface area contributed by atoms with E-state index in [2.05, 4.69) is 15.4 Å². The number of benzene rings is 2. The Morgan fingerprint density at radius 1 is 1.10 bits per heavy atom. The van der Waals surface area contributed by atoms with Gasteiger partial charge in [-0.3, -0.25) is 4.79 Å². The molecular weight excluding hydrogens is 406 g/mol. The SMILES string of the molecule is COc1cc(C=NNC(=O)C(OC)c2ccc(N3CCCC3)cc2)cc(OC)c1Cl. The van der Waals surface area contributed by atoms with Crippen molar-refractivity contribution in [2.24, 2.45) is 5.10 Å². The predicted molar refractivity (Wildman–Crippen MR) is 118 cm³/mol. The van der Waals surface area contributed by atoms with E-state index in [9.17, 15) is 4.79 Å². The normalized spacial score (nSPS) is 14.7. The molecule has 1 saturated heterocycles. The topological polar surface area (TPSA) is 72.4 Å². The number of nitrogens with one attached hydrogen (secondary N) is 1. The van der Waals surface area contributed by atoms with Crippen molar-refractivity contribution in [2.45, 2.75) is 18.9 Å². The number of methoxy groups -OCH3 is 3. The zero-order valence-electron chi connectivity index (χ0n) is 17.4. The van der Waals surface area contributed by atoms with Crippen LogP contribution in [0.4, 0.5) is 5.69 Å². The molecule has 0 aliphatic carbocycles. The van der Waals surface area contributed by atoms with Crippen LogP contribution in [0, 0.1) is 0 Å². The van der Waals surface area contributed by atoms with E-state index in [0.29, 0.717) is 22.1 Å². The molecular formula is C22H26ClN3O4. The lowest BCUT2D eigenvalue weighted by molar-refractivity contribution is -0.131. The first-order valence-electron chi connectivity index (χ1n) is 9.69. The number of hydrogen-bond donors (Lipinski definition) is 1. The highest BCUT2D eigenvalue weighted by molar-refractivity contribution is 6.33. The number of hydrogen-bond acceptors (Lipinski definition) is 6. The molecule has 0 bridgehead atoms. The number of anilines is 1. The highest BCUT2D eigenvalue weighted by atomic mass is 35.5. The summed E-state index contributed by atoms with van der Waals surface area (Å²) in [5.74, 6) is 0.545. The second-order valence-electron chi connectivity index (χ2n) is 6.88. The third-order valence-corrected chi connectivity index (χ3v) is 5.37. The van der Waals surface area contributed by atoms with Gasteiger partial charge in [0.1, 0.15) is 16.5 Å². The van der Waals surface area contributed by atoms with Gasteiger partial charge in [0.15, 0.2) is 6.10 Å². The van der Waals surface area contributed by atoms with Gasteiger partial charge >= 0.3 is 0 Å². The van der Waals surface area contributed by atoms with Gasteiger partial charge in [-0.2, -0.15) is 5.10 Å². The summed E-state index contributed by atoms with van der Waals surface area (Å²) in [5, 5.41) is 4.40. The lowest BCUT2D eigenvalue weighted by Gasteiger charge is -2.19. The number of ether oxygens (including phenoxy) is 3. The van der Waals surface area contributed by atoms with E-state index in [0.717, 1.165) is 24.3 Å². The lowest BCUT2D eigenvalue weighted by Crippen LogP contribution is -2.26. The van der Waals surface area contributed by atoms with Gasteiger partial charge in [0.05, 0.1) is 20.4 Å². The molecule has 1 aliphatic heterocycles. The molecule has 1 heterocycles. The smallest absolute Gasteiger partial charge is 0.273 e. The van der Waals surface area contributed by atoms with Gasteiger partial charge < -0.3 is 19.1 Å². The Bertz CT molecular complexity index is 871. The second-order valence-corrected chi connectivity index (χ2v) is 7.25. The molecule has 1 aliphatic rings. The van der Waals surface area contributed by atoms with Crippen LogP contribution in [0.1, 0.15) is 30.1 Å². The molecule has 0 spiro atoms. The highest BCUT2D eigenvalue weighted by Gasteiger charge is 2.20. The Hall–Kier alpha value is -2.77. The van der Waals surface area contributed by atoms with Crippen molar-refractivity contribution in [3.63, 3.8) is 0 Å². The minimum absolute atomic E-state index is 0.365. The minimum Gasteiger partial charge on any atom is -0.495 e. The summed E-state index contributed by atoms with van der Waals surface area (Å²) < 4.78 is 15.9. The third kappa shape index (κ3) is 5.04. The molecule has 1 atom stereocenters. The Morgan fingerprint density at radius 2 is 1.70 bits per heavy atom. The van der Waals surface area contributed by atoms with Crippen LogP contribution in [0.25, 0.3) is 0 Å². The summed E-state index contributed by atoms with van der Waals surface area (Å²) in [6.45, 7) is 2.14. The van der Waals surface area contributed by atoms with Crippen LogP contribution in [-0.2, 0) is 9.53 Å². The number of carbonyl (C=O) groups excluding carboxylic acids is 1. The number of halogens is 1. The number of amides is 1. The van der Waals surface area contributed by atoms with Crippen molar-refractivity contribution in [2.75, 3.05) is 39.3 Å². The lowest BCUT2D eigenvalue weighted by atomic mass is 10.1. The number of carbonyl (C=O) groups is 1. The Labute approximate surface area is 181 Å². The quantitative estimate of drug-likeness (QED) is 0.508. The molecule has 30 heavy (non-hydrogen) atoms. The van der Waals surface area contributed by atoms with Gasteiger partial charge in [-0.1, -0.05) is 23.7 Å². The fourth-order valence-corrected chi connectivity index (χ4v) is 3.69. The van der Waals surface area contributed by atoms with Crippen LogP contribution in [0.2, 0.25) is 5.02 Å². The number of hydrazone groups is 1. The number of nitrogens with zero attached hydrogens (tertiary/aromatic N) is 2. The van der Waals surface area contributed by atoms with Crippen LogP contribution < -0.4 is 19.8 Å². The molecule has 0 saturated carbocycles. The van der Waals surface area contributed by atoms with Gasteiger partial charge in [-0.25, -0.2) is 5.43 Å². The summed E-state index contributed by atoms with van der Waals surface area (Å²) in [4.78, 5) is 14.9. The van der Waals surface area contributed by atoms with E-state index in [1.165, 1.54) is 40.4 Å². The molecule has 0 aromatic heterocycles. The first-order valence-corrected chi connectivity index (χ1v) is 10.1. The van der Waals surface area contributed by atoms with Crippen LogP contribution in [-0.4, -0.2) is 46.5 Å². The fourth-order valence-electron chi connectivity index (χ4n) is 3.42. The maximum atomic E-state index is 12.6. The molecule has 7 nitrogen and oxygen atoms in total. The molecule has 0 radical (unpaired) electrons. The second kappa shape index (κ2) is 10.3. The summed E-state index contributed by atoms with van der Waals surface area (Å²) in [6, 6.07) is 11.3. The zero-order chi connectivity index (χ0) is 21.5. The molecule has 3 rings (SSSR count). The van der Waals surface area contributed by atoms with Crippen LogP contribution in [0.5, 0.6) is 11.5 Å². The minimum atomic E-state index is -0.760. The Morgan fingerprint density at radius 3 is 2.23 bits per heavy atom. The third-order valence-electron chi connectivity index (χ3n) is 5.00. The first kappa shape index (κ1) is 21.9. The fraction of sp³-hybridized carbons (Fsp3) is 0.364. The monoisotopic (exact) mass is 431 g/mol. The molecule has 1 amide bonds. The van der Waals surface area contributed by atoms with Gasteiger partial charge in [0, 0.05) is 31.5 Å². The van der Waals surface area contributed by atoms with E-state index >= 15 is 0 Å². The van der Waals surface area contributed by atoms with Gasteiger partial charge in [-0.15, -0.1) is 0 Å². The van der Waals surface area contributed by atoms with Crippen molar-refractivity contribution in [1.82, 2.24) is 5.43 Å². The molecule has 1 fully saturated rings. The van der Waals surface area contributed by atoms with Gasteiger partial charge in [0.25, 0.3) is 5.91 Å². The Balaban J connectivity index is 1.66. The van der Waals surface area contributed by atoms with Crippen LogP contribution in [0.3, 0.4) is 0 Å². The van der Waals surface area contributed by atoms with Crippen molar-refractivity contribution >= 4 is 29.4 Å². The molecule has 2 aromatic carbocycles. The van der Waals surface area contributed by atoms with Gasteiger partial charge in [-0.05, 0) is 42.7 Å². The van der Waals surface area contributed by atoms with Crippen LogP contribution >= 0.6 is 11.6 Å². The molecule has 1 unspecified atom stereocenters. The maximum absolute atomic E-state index is 12.6. The maximum Gasteiger partial charge on any atom is 0.273 e. The summed E-state index contributed by atoms with van der Waals surface area (Å²) >= 11 is 6.16. The van der Waals surface area contributed by atoms with E-state index in [1.54, 1.807) is 12.1 Å². The van der Waals surface area contributed by atoms with Crippen molar-refractivity contribution in [3.05, 3.63) is 52.5 Å². The average molecular weight is 432 g/mol. The van der Waals surface area contributed by atoms with Crippen LogP contribution in [0.15, 0.2) is 41.5 Å². The van der Waals surface area contributed by atoms with Crippen molar-refractivity contribution in [1.29, 1.82) is 0 Å². The van der Waals surface area contributed by atoms with E-state index in [4.69, 9.17) is 25.8 Å². The van der Waals surface area contributed by atoms with Crippen molar-refractivity contribution in [3.8, 4) is 11.5 Å². The first-order chi connectivity index (χ1) is 14.6. The Kier molecular flexibility index (Phi) is 7.54. The summed E-state index contributed by atoms with van der Waals surface area (Å²) in [5.41, 5.74) is 5.11. The van der Waals surface area contributed by atoms with E-state index in [1.807, 2.05) is 24.3 Å². The molecule has 2 aromatic rings. The largest absolute Gasteiger partial charge is 0.495 e. The molecule has 160 valence electrons. The average Bonchev–Trinajstić information content (AvgIpc) is 3.30. The molecule has 1 N–H and O–H groups in total. The van der Waals surface area contributed by atoms with Crippen molar-refractivity contribution < 1.29 is 19.0 Å². The summed E-state index contributed by atoms with van der Waals surface area (Å²) in [6.07, 6.45) is 3.16. The number of rotatable bonds is 8. The van der Waals surface area contributed by atoms with E-state index in [-0.39, 0.29) is 5.91 Å². The van der Waals surface area contributed by atoms with Gasteiger partial charge in [0.2, 0.25) is 0 Å². The molecule has 8 heteroatoms. The van der Waals surface area contributed by atoms with E-state index < -0.39 is 6.10 Å². The predicted octanol–water partition coefficient (Wildman–Crippen LogP) is 3.80.